The van der Waals surface area contributed by atoms with Crippen molar-refractivity contribution >= 4 is 18.1 Å². The molecule has 26 heavy (non-hydrogen) atoms. The predicted octanol–water partition coefficient (Wildman–Crippen LogP) is 0.451. The standard InChI is InChI=1S/C17H30N4O5/c1-3-25-16(23)20-9-7-18(8-10-20)6-5-15(22)19-11-13-21(14-12-19)17(24)26-4-2/h3-14H2,1-2H3. The van der Waals surface area contributed by atoms with Crippen molar-refractivity contribution in [3.05, 3.63) is 0 Å². The van der Waals surface area contributed by atoms with Crippen LogP contribution in [0.3, 0.4) is 0 Å². The maximum atomic E-state index is 12.4. The van der Waals surface area contributed by atoms with Gasteiger partial charge in [-0.15, -0.1) is 0 Å². The van der Waals surface area contributed by atoms with Crippen LogP contribution >= 0.6 is 0 Å². The first-order chi connectivity index (χ1) is 12.5. The molecule has 0 saturated carbocycles. The van der Waals surface area contributed by atoms with Crippen LogP contribution in [0.2, 0.25) is 0 Å². The van der Waals surface area contributed by atoms with E-state index >= 15 is 0 Å². The van der Waals surface area contributed by atoms with Gasteiger partial charge in [-0.25, -0.2) is 9.59 Å². The summed E-state index contributed by atoms with van der Waals surface area (Å²) in [5.74, 6) is 0.112. The van der Waals surface area contributed by atoms with E-state index in [0.717, 1.165) is 13.1 Å². The third-order valence-electron chi connectivity index (χ3n) is 4.70. The van der Waals surface area contributed by atoms with Crippen LogP contribution < -0.4 is 0 Å². The number of hydrogen-bond acceptors (Lipinski definition) is 6. The van der Waals surface area contributed by atoms with E-state index < -0.39 is 0 Å². The molecule has 2 fully saturated rings. The van der Waals surface area contributed by atoms with Crippen LogP contribution in [0.5, 0.6) is 0 Å². The summed E-state index contributed by atoms with van der Waals surface area (Å²) in [6.45, 7) is 9.92. The molecule has 0 radical (unpaired) electrons. The number of hydrogen-bond donors (Lipinski definition) is 0. The fraction of sp³-hybridized carbons (Fsp3) is 0.824. The Morgan fingerprint density at radius 2 is 1.12 bits per heavy atom. The van der Waals surface area contributed by atoms with Gasteiger partial charge < -0.3 is 24.2 Å². The molecule has 3 amide bonds. The SMILES string of the molecule is CCOC(=O)N1CCN(CCC(=O)N2CCN(C(=O)OCC)CC2)CC1. The number of carbonyl (C=O) groups is 3. The lowest BCUT2D eigenvalue weighted by Crippen LogP contribution is -2.52. The van der Waals surface area contributed by atoms with Crippen LogP contribution in [0.15, 0.2) is 0 Å². The second-order valence-corrected chi connectivity index (χ2v) is 6.34. The average Bonchev–Trinajstić information content (AvgIpc) is 2.67. The lowest BCUT2D eigenvalue weighted by atomic mass is 10.2. The zero-order chi connectivity index (χ0) is 18.9. The number of piperazine rings is 2. The first-order valence-electron chi connectivity index (χ1n) is 9.38. The Hall–Kier alpha value is -2.03. The molecule has 0 aromatic carbocycles. The smallest absolute Gasteiger partial charge is 0.409 e. The highest BCUT2D eigenvalue weighted by atomic mass is 16.6. The van der Waals surface area contributed by atoms with Crippen molar-refractivity contribution in [2.45, 2.75) is 20.3 Å². The predicted molar refractivity (Wildman–Crippen MR) is 94.8 cm³/mol. The summed E-state index contributed by atoms with van der Waals surface area (Å²) in [7, 11) is 0. The van der Waals surface area contributed by atoms with Crippen molar-refractivity contribution in [3.8, 4) is 0 Å². The number of carbonyl (C=O) groups excluding carboxylic acids is 3. The number of rotatable bonds is 5. The molecule has 9 nitrogen and oxygen atoms in total. The van der Waals surface area contributed by atoms with Gasteiger partial charge in [0.2, 0.25) is 5.91 Å². The van der Waals surface area contributed by atoms with Gasteiger partial charge in [-0.2, -0.15) is 0 Å². The molecule has 2 heterocycles. The molecule has 0 aromatic heterocycles. The Morgan fingerprint density at radius 3 is 1.58 bits per heavy atom. The molecule has 9 heteroatoms. The first-order valence-corrected chi connectivity index (χ1v) is 9.38. The van der Waals surface area contributed by atoms with Crippen molar-refractivity contribution in [1.29, 1.82) is 0 Å². The lowest BCUT2D eigenvalue weighted by Gasteiger charge is -2.36. The second-order valence-electron chi connectivity index (χ2n) is 6.34. The van der Waals surface area contributed by atoms with Gasteiger partial charge in [0.25, 0.3) is 0 Å². The van der Waals surface area contributed by atoms with Crippen molar-refractivity contribution in [2.75, 3.05) is 72.1 Å². The Kier molecular flexibility index (Phi) is 7.96. The second kappa shape index (κ2) is 10.2. The van der Waals surface area contributed by atoms with Crippen LogP contribution in [0.25, 0.3) is 0 Å². The van der Waals surface area contributed by atoms with E-state index in [4.69, 9.17) is 9.47 Å². The highest BCUT2D eigenvalue weighted by Crippen LogP contribution is 2.08. The van der Waals surface area contributed by atoms with E-state index in [-0.39, 0.29) is 18.1 Å². The normalized spacial score (nSPS) is 18.6. The highest BCUT2D eigenvalue weighted by molar-refractivity contribution is 5.77. The summed E-state index contributed by atoms with van der Waals surface area (Å²) in [6.07, 6.45) is -0.111. The monoisotopic (exact) mass is 370 g/mol. The quantitative estimate of drug-likeness (QED) is 0.699. The third kappa shape index (κ3) is 5.76. The van der Waals surface area contributed by atoms with Crippen LogP contribution in [0.4, 0.5) is 9.59 Å². The average molecular weight is 370 g/mol. The van der Waals surface area contributed by atoms with Crippen molar-refractivity contribution in [2.24, 2.45) is 0 Å². The number of amides is 3. The zero-order valence-corrected chi connectivity index (χ0v) is 15.8. The summed E-state index contributed by atoms with van der Waals surface area (Å²) >= 11 is 0. The minimum Gasteiger partial charge on any atom is -0.450 e. The molecule has 0 aliphatic carbocycles. The van der Waals surface area contributed by atoms with Gasteiger partial charge in [-0.1, -0.05) is 0 Å². The fourth-order valence-corrected chi connectivity index (χ4v) is 3.13. The molecule has 148 valence electrons. The van der Waals surface area contributed by atoms with E-state index in [2.05, 4.69) is 4.90 Å². The minimum atomic E-state index is -0.306. The summed E-state index contributed by atoms with van der Waals surface area (Å²) in [6, 6.07) is 0. The van der Waals surface area contributed by atoms with Gasteiger partial charge in [0, 0.05) is 65.3 Å². The molecule has 0 atom stereocenters. The van der Waals surface area contributed by atoms with Crippen LogP contribution in [-0.2, 0) is 14.3 Å². The van der Waals surface area contributed by atoms with Crippen LogP contribution in [-0.4, -0.2) is 110 Å². The van der Waals surface area contributed by atoms with Crippen molar-refractivity contribution < 1.29 is 23.9 Å². The third-order valence-corrected chi connectivity index (χ3v) is 4.70. The molecule has 0 unspecified atom stereocenters. The molecule has 2 saturated heterocycles. The summed E-state index contributed by atoms with van der Waals surface area (Å²) in [4.78, 5) is 43.1. The number of ether oxygens (including phenoxy) is 2. The molecule has 0 spiro atoms. The summed E-state index contributed by atoms with van der Waals surface area (Å²) in [5, 5.41) is 0. The van der Waals surface area contributed by atoms with E-state index in [9.17, 15) is 14.4 Å². The van der Waals surface area contributed by atoms with E-state index in [0.29, 0.717) is 65.4 Å². The van der Waals surface area contributed by atoms with Gasteiger partial charge in [-0.05, 0) is 13.8 Å². The molecule has 0 N–H and O–H groups in total. The van der Waals surface area contributed by atoms with Crippen molar-refractivity contribution in [1.82, 2.24) is 19.6 Å². The molecular formula is C17H30N4O5. The van der Waals surface area contributed by atoms with Gasteiger partial charge in [0.05, 0.1) is 13.2 Å². The van der Waals surface area contributed by atoms with E-state index in [1.54, 1.807) is 23.6 Å². The van der Waals surface area contributed by atoms with Gasteiger partial charge in [0.1, 0.15) is 0 Å². The molecule has 0 aromatic rings. The molecule has 2 aliphatic heterocycles. The maximum Gasteiger partial charge on any atom is 0.409 e. The highest BCUT2D eigenvalue weighted by Gasteiger charge is 2.26. The topological polar surface area (TPSA) is 82.6 Å². The molecule has 0 bridgehead atoms. The van der Waals surface area contributed by atoms with Crippen LogP contribution in [0.1, 0.15) is 20.3 Å². The fourth-order valence-electron chi connectivity index (χ4n) is 3.13. The zero-order valence-electron chi connectivity index (χ0n) is 15.8. The van der Waals surface area contributed by atoms with Crippen molar-refractivity contribution in [3.63, 3.8) is 0 Å². The minimum absolute atomic E-state index is 0.112. The Morgan fingerprint density at radius 1 is 0.692 bits per heavy atom. The van der Waals surface area contributed by atoms with Gasteiger partial charge in [-0.3, -0.25) is 9.69 Å². The van der Waals surface area contributed by atoms with Gasteiger partial charge in [0.15, 0.2) is 0 Å². The van der Waals surface area contributed by atoms with E-state index in [1.165, 1.54) is 0 Å². The van der Waals surface area contributed by atoms with Gasteiger partial charge >= 0.3 is 12.2 Å². The van der Waals surface area contributed by atoms with E-state index in [1.807, 2.05) is 4.90 Å². The van der Waals surface area contributed by atoms with Crippen LogP contribution in [0, 0.1) is 0 Å². The molecular weight excluding hydrogens is 340 g/mol. The molecule has 2 aliphatic rings. The Bertz CT molecular complexity index is 486. The lowest BCUT2D eigenvalue weighted by molar-refractivity contribution is -0.133. The largest absolute Gasteiger partial charge is 0.450 e. The summed E-state index contributed by atoms with van der Waals surface area (Å²) < 4.78 is 9.99. The Labute approximate surface area is 154 Å². The maximum absolute atomic E-state index is 12.4. The first kappa shape index (κ1) is 20.3. The Balaban J connectivity index is 1.64. The molecule has 2 rings (SSSR count). The number of nitrogens with zero attached hydrogens (tertiary/aromatic N) is 4. The summed E-state index contributed by atoms with van der Waals surface area (Å²) in [5.41, 5.74) is 0.